The maximum atomic E-state index is 5.73. The molecule has 2 N–H and O–H groups in total. The van der Waals surface area contributed by atoms with Gasteiger partial charge in [0.15, 0.2) is 0 Å². The highest BCUT2D eigenvalue weighted by molar-refractivity contribution is 7.80. The smallest absolute Gasteiger partial charge is 0.204 e. The Bertz CT molecular complexity index is 766. The second kappa shape index (κ2) is 5.80. The first-order valence-electron chi connectivity index (χ1n) is 6.45. The molecule has 1 heterocycles. The van der Waals surface area contributed by atoms with Crippen molar-refractivity contribution in [2.24, 2.45) is 5.73 Å². The Kier molecular flexibility index (Phi) is 3.70. The third-order valence-electron chi connectivity index (χ3n) is 3.08. The Morgan fingerprint density at radius 3 is 2.52 bits per heavy atom. The number of hydrogen-bond donors (Lipinski definition) is 1. The summed E-state index contributed by atoms with van der Waals surface area (Å²) in [5.41, 5.74) is 8.48. The van der Waals surface area contributed by atoms with Gasteiger partial charge in [0, 0.05) is 11.1 Å². The monoisotopic (exact) mass is 295 g/mol. The highest BCUT2D eigenvalue weighted by Gasteiger charge is 2.09. The first-order valence-corrected chi connectivity index (χ1v) is 6.86. The summed E-state index contributed by atoms with van der Waals surface area (Å²) in [4.78, 5) is 1.91. The van der Waals surface area contributed by atoms with E-state index in [1.54, 1.807) is 4.80 Å². The molecule has 2 aromatic carbocycles. The maximum Gasteiger partial charge on any atom is 0.204 e. The highest BCUT2D eigenvalue weighted by atomic mass is 32.1. The van der Waals surface area contributed by atoms with E-state index in [-0.39, 0.29) is 0 Å². The van der Waals surface area contributed by atoms with Gasteiger partial charge >= 0.3 is 0 Å². The van der Waals surface area contributed by atoms with E-state index in [4.69, 9.17) is 18.0 Å². The van der Waals surface area contributed by atoms with Gasteiger partial charge < -0.3 is 5.73 Å². The molecule has 0 amide bonds. The van der Waals surface area contributed by atoms with Crippen LogP contribution in [0.5, 0.6) is 0 Å². The van der Waals surface area contributed by atoms with E-state index in [1.165, 1.54) is 0 Å². The summed E-state index contributed by atoms with van der Waals surface area (Å²) in [6.45, 7) is 0.480. The van der Waals surface area contributed by atoms with Gasteiger partial charge in [-0.3, -0.25) is 0 Å². The van der Waals surface area contributed by atoms with Gasteiger partial charge in [-0.05, 0) is 10.8 Å². The van der Waals surface area contributed by atoms with Crippen molar-refractivity contribution in [1.29, 1.82) is 0 Å². The number of tetrazole rings is 1. The van der Waals surface area contributed by atoms with Gasteiger partial charge in [0.05, 0.1) is 6.54 Å². The van der Waals surface area contributed by atoms with Crippen molar-refractivity contribution in [2.45, 2.75) is 6.54 Å². The fourth-order valence-electron chi connectivity index (χ4n) is 2.06. The molecule has 104 valence electrons. The van der Waals surface area contributed by atoms with Crippen LogP contribution in [-0.4, -0.2) is 25.2 Å². The lowest BCUT2D eigenvalue weighted by molar-refractivity contribution is 0.572. The fraction of sp³-hybridized carbons (Fsp3) is 0.0667. The number of benzene rings is 2. The van der Waals surface area contributed by atoms with E-state index < -0.39 is 0 Å². The largest absolute Gasteiger partial charge is 0.389 e. The number of nitrogens with two attached hydrogens (primary N) is 1. The maximum absolute atomic E-state index is 5.73. The second-order valence-electron chi connectivity index (χ2n) is 4.53. The molecule has 3 aromatic rings. The molecule has 3 rings (SSSR count). The molecule has 0 aliphatic heterocycles. The van der Waals surface area contributed by atoms with Crippen LogP contribution in [0.25, 0.3) is 11.4 Å². The van der Waals surface area contributed by atoms with Crippen LogP contribution in [-0.2, 0) is 6.54 Å². The van der Waals surface area contributed by atoms with Crippen molar-refractivity contribution in [3.8, 4) is 11.4 Å². The minimum Gasteiger partial charge on any atom is -0.389 e. The molecule has 0 aliphatic carbocycles. The topological polar surface area (TPSA) is 69.6 Å². The van der Waals surface area contributed by atoms with Crippen LogP contribution >= 0.6 is 12.2 Å². The molecule has 0 radical (unpaired) electrons. The Morgan fingerprint density at radius 1 is 1.05 bits per heavy atom. The molecular formula is C15H13N5S. The molecule has 0 fully saturated rings. The Balaban J connectivity index is 1.87. The molecule has 6 heteroatoms. The molecule has 1 aromatic heterocycles. The molecule has 21 heavy (non-hydrogen) atoms. The molecule has 0 unspecified atom stereocenters. The number of hydrogen-bond acceptors (Lipinski definition) is 4. The molecule has 0 spiro atoms. The summed E-state index contributed by atoms with van der Waals surface area (Å²) in [6, 6.07) is 17.4. The first kappa shape index (κ1) is 13.4. The van der Waals surface area contributed by atoms with Crippen LogP contribution in [0, 0.1) is 0 Å². The average molecular weight is 295 g/mol. The lowest BCUT2D eigenvalue weighted by atomic mass is 10.1. The summed E-state index contributed by atoms with van der Waals surface area (Å²) in [5, 5.41) is 12.5. The van der Waals surface area contributed by atoms with Crippen molar-refractivity contribution in [2.75, 3.05) is 0 Å². The van der Waals surface area contributed by atoms with Crippen molar-refractivity contribution in [1.82, 2.24) is 20.2 Å². The lowest BCUT2D eigenvalue weighted by Crippen LogP contribution is -2.14. The first-order chi connectivity index (χ1) is 10.2. The number of rotatable bonds is 4. The lowest BCUT2D eigenvalue weighted by Gasteiger charge is -2.06. The number of nitrogens with zero attached hydrogens (tertiary/aromatic N) is 4. The summed E-state index contributed by atoms with van der Waals surface area (Å²) in [5.74, 6) is 0.600. The van der Waals surface area contributed by atoms with Gasteiger partial charge in [0.1, 0.15) is 4.99 Å². The molecular weight excluding hydrogens is 282 g/mol. The van der Waals surface area contributed by atoms with E-state index in [9.17, 15) is 0 Å². The Labute approximate surface area is 127 Å². The van der Waals surface area contributed by atoms with E-state index >= 15 is 0 Å². The van der Waals surface area contributed by atoms with Crippen molar-refractivity contribution in [3.05, 3.63) is 65.7 Å². The third kappa shape index (κ3) is 2.95. The zero-order valence-electron chi connectivity index (χ0n) is 11.2. The Hall–Kier alpha value is -2.60. The van der Waals surface area contributed by atoms with Gasteiger partial charge in [0.2, 0.25) is 5.82 Å². The summed E-state index contributed by atoms with van der Waals surface area (Å²) < 4.78 is 0. The van der Waals surface area contributed by atoms with Crippen LogP contribution in [0.15, 0.2) is 54.6 Å². The van der Waals surface area contributed by atoms with E-state index in [2.05, 4.69) is 15.4 Å². The molecule has 0 saturated heterocycles. The van der Waals surface area contributed by atoms with E-state index in [0.717, 1.165) is 16.7 Å². The van der Waals surface area contributed by atoms with Gasteiger partial charge in [-0.2, -0.15) is 4.80 Å². The average Bonchev–Trinajstić information content (AvgIpc) is 2.97. The molecule has 0 saturated carbocycles. The summed E-state index contributed by atoms with van der Waals surface area (Å²) in [7, 11) is 0. The summed E-state index contributed by atoms with van der Waals surface area (Å²) >= 11 is 5.06. The van der Waals surface area contributed by atoms with Crippen molar-refractivity contribution < 1.29 is 0 Å². The molecule has 0 aliphatic rings. The van der Waals surface area contributed by atoms with Crippen molar-refractivity contribution in [3.63, 3.8) is 0 Å². The Morgan fingerprint density at radius 2 is 1.76 bits per heavy atom. The van der Waals surface area contributed by atoms with Crippen molar-refractivity contribution >= 4 is 17.2 Å². The van der Waals surface area contributed by atoms with Crippen LogP contribution in [0.2, 0.25) is 0 Å². The normalized spacial score (nSPS) is 10.5. The fourth-order valence-corrected chi connectivity index (χ4v) is 2.26. The SMILES string of the molecule is NC(=S)c1ccccc1Cn1nnc(-c2ccccc2)n1. The van der Waals surface area contributed by atoms with Gasteiger partial charge in [0.25, 0.3) is 0 Å². The minimum atomic E-state index is 0.369. The van der Waals surface area contributed by atoms with E-state index in [1.807, 2.05) is 54.6 Å². The zero-order chi connectivity index (χ0) is 14.7. The third-order valence-corrected chi connectivity index (χ3v) is 3.30. The zero-order valence-corrected chi connectivity index (χ0v) is 12.0. The number of thiocarbonyl (C=S) groups is 1. The molecule has 0 bridgehead atoms. The molecule has 5 nitrogen and oxygen atoms in total. The van der Waals surface area contributed by atoms with Gasteiger partial charge in [-0.1, -0.05) is 66.8 Å². The quantitative estimate of drug-likeness (QED) is 0.746. The second-order valence-corrected chi connectivity index (χ2v) is 4.97. The van der Waals surface area contributed by atoms with Gasteiger partial charge in [-0.25, -0.2) is 0 Å². The number of aromatic nitrogens is 4. The standard InChI is InChI=1S/C15H13N5S/c16-14(21)13-9-5-4-8-12(13)10-20-18-15(17-19-20)11-6-2-1-3-7-11/h1-9H,10H2,(H2,16,21). The van der Waals surface area contributed by atoms with Crippen LogP contribution in [0.3, 0.4) is 0 Å². The highest BCUT2D eigenvalue weighted by Crippen LogP contribution is 2.13. The summed E-state index contributed by atoms with van der Waals surface area (Å²) in [6.07, 6.45) is 0. The van der Waals surface area contributed by atoms with Gasteiger partial charge in [-0.15, -0.1) is 10.2 Å². The van der Waals surface area contributed by atoms with Crippen LogP contribution in [0.1, 0.15) is 11.1 Å². The van der Waals surface area contributed by atoms with E-state index in [0.29, 0.717) is 17.4 Å². The predicted molar refractivity (Wildman–Crippen MR) is 84.7 cm³/mol. The molecule has 0 atom stereocenters. The van der Waals surface area contributed by atoms with Crippen LogP contribution < -0.4 is 5.73 Å². The van der Waals surface area contributed by atoms with Crippen LogP contribution in [0.4, 0.5) is 0 Å². The predicted octanol–water partition coefficient (Wildman–Crippen LogP) is 2.02. The minimum absolute atomic E-state index is 0.369.